The molecule has 1 heterocycles. The number of aryl methyl sites for hydroxylation is 1. The fourth-order valence-corrected chi connectivity index (χ4v) is 3.95. The molecule has 2 rings (SSSR count). The molecule has 0 radical (unpaired) electrons. The Labute approximate surface area is 163 Å². The molecular weight excluding hydrogens is 344 g/mol. The van der Waals surface area contributed by atoms with Gasteiger partial charge in [0.05, 0.1) is 21.3 Å². The van der Waals surface area contributed by atoms with Gasteiger partial charge in [-0.25, -0.2) is 0 Å². The number of amides is 1. The molecule has 0 aliphatic carbocycles. The number of nitrogens with zero attached hydrogens (tertiary/aromatic N) is 1. The lowest BCUT2D eigenvalue weighted by Gasteiger charge is -2.34. The van der Waals surface area contributed by atoms with Crippen molar-refractivity contribution in [1.82, 2.24) is 10.2 Å². The van der Waals surface area contributed by atoms with E-state index < -0.39 is 0 Å². The summed E-state index contributed by atoms with van der Waals surface area (Å²) in [6.45, 7) is 8.49. The fraction of sp³-hybridized carbons (Fsp3) is 0.667. The molecule has 1 amide bonds. The third kappa shape index (κ3) is 6.31. The summed E-state index contributed by atoms with van der Waals surface area (Å²) in [5.74, 6) is 3.34. The third-order valence-corrected chi connectivity index (χ3v) is 5.06. The highest BCUT2D eigenvalue weighted by molar-refractivity contribution is 5.76. The normalized spacial score (nSPS) is 20.2. The van der Waals surface area contributed by atoms with Crippen molar-refractivity contribution >= 4 is 5.91 Å². The second kappa shape index (κ2) is 10.4. The Kier molecular flexibility index (Phi) is 8.23. The van der Waals surface area contributed by atoms with Gasteiger partial charge in [-0.05, 0) is 42.4 Å². The van der Waals surface area contributed by atoms with E-state index in [0.29, 0.717) is 36.6 Å². The van der Waals surface area contributed by atoms with Crippen LogP contribution in [0.5, 0.6) is 17.2 Å². The summed E-state index contributed by atoms with van der Waals surface area (Å²) >= 11 is 0. The van der Waals surface area contributed by atoms with Gasteiger partial charge in [-0.3, -0.25) is 4.79 Å². The minimum absolute atomic E-state index is 0.0712. The molecule has 1 aromatic rings. The van der Waals surface area contributed by atoms with E-state index in [9.17, 15) is 4.79 Å². The number of piperidine rings is 1. The SMILES string of the molecule is COc1cc(CCC(=O)NCCN2CC(C)CC(C)C2)cc(OC)c1OC. The van der Waals surface area contributed by atoms with E-state index in [1.54, 1.807) is 21.3 Å². The third-order valence-electron chi connectivity index (χ3n) is 5.06. The average Bonchev–Trinajstić information content (AvgIpc) is 2.64. The van der Waals surface area contributed by atoms with Crippen molar-refractivity contribution in [2.75, 3.05) is 47.5 Å². The van der Waals surface area contributed by atoms with Crippen LogP contribution in [-0.4, -0.2) is 58.3 Å². The Morgan fingerprint density at radius 3 is 2.19 bits per heavy atom. The van der Waals surface area contributed by atoms with Gasteiger partial charge in [0.2, 0.25) is 11.7 Å². The topological polar surface area (TPSA) is 60.0 Å². The predicted octanol–water partition coefficient (Wildman–Crippen LogP) is 2.74. The van der Waals surface area contributed by atoms with Gasteiger partial charge in [0, 0.05) is 32.6 Å². The molecule has 27 heavy (non-hydrogen) atoms. The number of nitrogens with one attached hydrogen (secondary N) is 1. The second-order valence-electron chi connectivity index (χ2n) is 7.59. The van der Waals surface area contributed by atoms with E-state index >= 15 is 0 Å². The minimum Gasteiger partial charge on any atom is -0.493 e. The monoisotopic (exact) mass is 378 g/mol. The molecule has 1 N–H and O–H groups in total. The van der Waals surface area contributed by atoms with Crippen LogP contribution < -0.4 is 19.5 Å². The van der Waals surface area contributed by atoms with Crippen molar-refractivity contribution in [2.45, 2.75) is 33.1 Å². The summed E-state index contributed by atoms with van der Waals surface area (Å²) in [6.07, 6.45) is 2.36. The van der Waals surface area contributed by atoms with E-state index in [1.165, 1.54) is 6.42 Å². The maximum atomic E-state index is 12.2. The fourth-order valence-electron chi connectivity index (χ4n) is 3.95. The first-order valence-corrected chi connectivity index (χ1v) is 9.74. The van der Waals surface area contributed by atoms with E-state index in [-0.39, 0.29) is 5.91 Å². The van der Waals surface area contributed by atoms with Crippen molar-refractivity contribution < 1.29 is 19.0 Å². The van der Waals surface area contributed by atoms with Gasteiger partial charge < -0.3 is 24.4 Å². The number of hydrogen-bond donors (Lipinski definition) is 1. The van der Waals surface area contributed by atoms with Gasteiger partial charge in [0.1, 0.15) is 0 Å². The summed E-state index contributed by atoms with van der Waals surface area (Å²) in [4.78, 5) is 14.7. The maximum Gasteiger partial charge on any atom is 0.220 e. The molecule has 1 aliphatic rings. The lowest BCUT2D eigenvalue weighted by molar-refractivity contribution is -0.121. The number of methoxy groups -OCH3 is 3. The molecule has 2 atom stereocenters. The lowest BCUT2D eigenvalue weighted by atomic mass is 9.92. The molecule has 6 heteroatoms. The van der Waals surface area contributed by atoms with Crippen LogP contribution in [0.3, 0.4) is 0 Å². The summed E-state index contributed by atoms with van der Waals surface area (Å²) in [5.41, 5.74) is 0.985. The van der Waals surface area contributed by atoms with Gasteiger partial charge in [0.25, 0.3) is 0 Å². The smallest absolute Gasteiger partial charge is 0.220 e. The first-order chi connectivity index (χ1) is 13.0. The Morgan fingerprint density at radius 1 is 1.07 bits per heavy atom. The summed E-state index contributed by atoms with van der Waals surface area (Å²) in [6, 6.07) is 3.79. The van der Waals surface area contributed by atoms with Gasteiger partial charge in [0.15, 0.2) is 11.5 Å². The second-order valence-corrected chi connectivity index (χ2v) is 7.59. The van der Waals surface area contributed by atoms with Crippen molar-refractivity contribution in [3.63, 3.8) is 0 Å². The molecular formula is C21H34N2O4. The number of benzene rings is 1. The first-order valence-electron chi connectivity index (χ1n) is 9.74. The number of likely N-dealkylation sites (tertiary alicyclic amines) is 1. The molecule has 6 nitrogen and oxygen atoms in total. The van der Waals surface area contributed by atoms with Crippen LogP contribution in [0, 0.1) is 11.8 Å². The molecule has 1 aliphatic heterocycles. The Bertz CT molecular complexity index is 585. The molecule has 2 unspecified atom stereocenters. The molecule has 1 fully saturated rings. The molecule has 0 aromatic heterocycles. The average molecular weight is 379 g/mol. The molecule has 1 aromatic carbocycles. The minimum atomic E-state index is 0.0712. The van der Waals surface area contributed by atoms with Crippen molar-refractivity contribution in [3.8, 4) is 17.2 Å². The number of carbonyl (C=O) groups excluding carboxylic acids is 1. The lowest BCUT2D eigenvalue weighted by Crippen LogP contribution is -2.42. The summed E-state index contributed by atoms with van der Waals surface area (Å²) in [5, 5.41) is 3.04. The molecule has 0 saturated carbocycles. The Balaban J connectivity index is 1.80. The molecule has 0 bridgehead atoms. The van der Waals surface area contributed by atoms with Crippen LogP contribution in [0.2, 0.25) is 0 Å². The van der Waals surface area contributed by atoms with Crippen molar-refractivity contribution in [1.29, 1.82) is 0 Å². The van der Waals surface area contributed by atoms with Crippen LogP contribution >= 0.6 is 0 Å². The zero-order valence-corrected chi connectivity index (χ0v) is 17.3. The van der Waals surface area contributed by atoms with E-state index in [1.807, 2.05) is 12.1 Å². The maximum absolute atomic E-state index is 12.2. The van der Waals surface area contributed by atoms with Crippen LogP contribution in [0.4, 0.5) is 0 Å². The summed E-state index contributed by atoms with van der Waals surface area (Å²) in [7, 11) is 4.77. The largest absolute Gasteiger partial charge is 0.493 e. The molecule has 0 spiro atoms. The highest BCUT2D eigenvalue weighted by atomic mass is 16.5. The highest BCUT2D eigenvalue weighted by Gasteiger charge is 2.21. The van der Waals surface area contributed by atoms with Gasteiger partial charge in [-0.1, -0.05) is 13.8 Å². The van der Waals surface area contributed by atoms with Gasteiger partial charge in [-0.2, -0.15) is 0 Å². The zero-order valence-electron chi connectivity index (χ0n) is 17.3. The van der Waals surface area contributed by atoms with E-state index in [4.69, 9.17) is 14.2 Å². The standard InChI is InChI=1S/C21H34N2O4/c1-15-10-16(2)14-23(13-15)9-8-22-20(24)7-6-17-11-18(25-3)21(27-5)19(12-17)26-4/h11-12,15-16H,6-10,13-14H2,1-5H3,(H,22,24). The predicted molar refractivity (Wildman–Crippen MR) is 107 cm³/mol. The Hall–Kier alpha value is -1.95. The quantitative estimate of drug-likeness (QED) is 0.716. The van der Waals surface area contributed by atoms with Crippen LogP contribution in [0.25, 0.3) is 0 Å². The zero-order chi connectivity index (χ0) is 19.8. The molecule has 152 valence electrons. The number of ether oxygens (including phenoxy) is 3. The first kappa shape index (κ1) is 21.4. The van der Waals surface area contributed by atoms with E-state index in [0.717, 1.165) is 37.0 Å². The number of rotatable bonds is 9. The van der Waals surface area contributed by atoms with Crippen LogP contribution in [-0.2, 0) is 11.2 Å². The van der Waals surface area contributed by atoms with Gasteiger partial charge >= 0.3 is 0 Å². The van der Waals surface area contributed by atoms with Crippen LogP contribution in [0.1, 0.15) is 32.3 Å². The number of hydrogen-bond acceptors (Lipinski definition) is 5. The van der Waals surface area contributed by atoms with Crippen molar-refractivity contribution in [2.24, 2.45) is 11.8 Å². The van der Waals surface area contributed by atoms with Crippen LogP contribution in [0.15, 0.2) is 12.1 Å². The summed E-state index contributed by atoms with van der Waals surface area (Å²) < 4.78 is 16.1. The van der Waals surface area contributed by atoms with E-state index in [2.05, 4.69) is 24.1 Å². The van der Waals surface area contributed by atoms with Crippen molar-refractivity contribution in [3.05, 3.63) is 17.7 Å². The number of carbonyl (C=O) groups is 1. The molecule has 1 saturated heterocycles. The van der Waals surface area contributed by atoms with Gasteiger partial charge in [-0.15, -0.1) is 0 Å². The highest BCUT2D eigenvalue weighted by Crippen LogP contribution is 2.38. The Morgan fingerprint density at radius 2 is 1.67 bits per heavy atom.